The molecular weight excluding hydrogens is 356 g/mol. The molecule has 28 heavy (non-hydrogen) atoms. The molecule has 0 saturated carbocycles. The lowest BCUT2D eigenvalue weighted by atomic mass is 10.1. The van der Waals surface area contributed by atoms with E-state index in [-0.39, 0.29) is 11.0 Å². The number of fused-ring (bicyclic) bond motifs is 1. The topological polar surface area (TPSA) is 94.7 Å². The predicted molar refractivity (Wildman–Crippen MR) is 106 cm³/mol. The first-order valence-corrected chi connectivity index (χ1v) is 8.83. The van der Waals surface area contributed by atoms with E-state index in [1.807, 2.05) is 13.8 Å². The molecule has 1 N–H and O–H groups in total. The number of aryl methyl sites for hydroxylation is 2. The van der Waals surface area contributed by atoms with Crippen LogP contribution in [0.3, 0.4) is 0 Å². The predicted octanol–water partition coefficient (Wildman–Crippen LogP) is 2.56. The van der Waals surface area contributed by atoms with Crippen LogP contribution < -0.4 is 10.7 Å². The van der Waals surface area contributed by atoms with E-state index in [9.17, 15) is 9.59 Å². The Hall–Kier alpha value is -3.81. The second kappa shape index (κ2) is 7.07. The SMILES string of the molecule is CCn1cc(C(=O)Nc2ccc(-n3ccnc3)nc2)c(=O)c2ccc(C)nc21. The summed E-state index contributed by atoms with van der Waals surface area (Å²) in [5.74, 6) is 0.197. The van der Waals surface area contributed by atoms with E-state index in [1.54, 1.807) is 58.3 Å². The zero-order chi connectivity index (χ0) is 19.7. The van der Waals surface area contributed by atoms with Gasteiger partial charge >= 0.3 is 0 Å². The third-order valence-electron chi connectivity index (χ3n) is 4.42. The van der Waals surface area contributed by atoms with Crippen LogP contribution >= 0.6 is 0 Å². The summed E-state index contributed by atoms with van der Waals surface area (Å²) in [4.78, 5) is 38.3. The Kier molecular flexibility index (Phi) is 4.44. The fourth-order valence-corrected chi connectivity index (χ4v) is 2.97. The molecule has 0 unspecified atom stereocenters. The second-order valence-electron chi connectivity index (χ2n) is 6.31. The van der Waals surface area contributed by atoms with Gasteiger partial charge in [0.05, 0.1) is 17.3 Å². The number of carbonyl (C=O) groups excluding carboxylic acids is 1. The molecule has 8 heteroatoms. The van der Waals surface area contributed by atoms with Crippen molar-refractivity contribution in [1.29, 1.82) is 0 Å². The Labute approximate surface area is 160 Å². The first-order valence-electron chi connectivity index (χ1n) is 8.83. The van der Waals surface area contributed by atoms with Gasteiger partial charge in [-0.3, -0.25) is 14.2 Å². The van der Waals surface area contributed by atoms with Crippen molar-refractivity contribution in [2.45, 2.75) is 20.4 Å². The number of pyridine rings is 3. The summed E-state index contributed by atoms with van der Waals surface area (Å²) in [6, 6.07) is 6.97. The first-order chi connectivity index (χ1) is 13.6. The molecule has 4 aromatic heterocycles. The van der Waals surface area contributed by atoms with Gasteiger partial charge in [0, 0.05) is 30.8 Å². The summed E-state index contributed by atoms with van der Waals surface area (Å²) in [5.41, 5.74) is 1.62. The van der Waals surface area contributed by atoms with Gasteiger partial charge in [-0.1, -0.05) is 0 Å². The molecule has 0 aliphatic heterocycles. The number of anilines is 1. The van der Waals surface area contributed by atoms with Gasteiger partial charge in [0.25, 0.3) is 5.91 Å². The number of rotatable bonds is 4. The summed E-state index contributed by atoms with van der Waals surface area (Å²) in [5, 5.41) is 3.16. The maximum absolute atomic E-state index is 12.8. The summed E-state index contributed by atoms with van der Waals surface area (Å²) < 4.78 is 3.56. The minimum atomic E-state index is -0.480. The molecule has 8 nitrogen and oxygen atoms in total. The van der Waals surface area contributed by atoms with Gasteiger partial charge in [0.15, 0.2) is 0 Å². The van der Waals surface area contributed by atoms with Crippen molar-refractivity contribution in [1.82, 2.24) is 24.1 Å². The third-order valence-corrected chi connectivity index (χ3v) is 4.42. The van der Waals surface area contributed by atoms with Crippen LogP contribution in [0.5, 0.6) is 0 Å². The van der Waals surface area contributed by atoms with E-state index in [0.29, 0.717) is 29.1 Å². The van der Waals surface area contributed by atoms with Gasteiger partial charge in [0.2, 0.25) is 5.43 Å². The molecular formula is C20H18N6O2. The molecule has 0 atom stereocenters. The van der Waals surface area contributed by atoms with Gasteiger partial charge in [-0.25, -0.2) is 15.0 Å². The molecule has 4 aromatic rings. The maximum atomic E-state index is 12.8. The third kappa shape index (κ3) is 3.16. The summed E-state index contributed by atoms with van der Waals surface area (Å²) in [7, 11) is 0. The standard InChI is InChI=1S/C20H18N6O2/c1-3-25-11-16(18(27)15-6-4-13(2)23-19(15)25)20(28)24-14-5-7-17(22-10-14)26-9-8-21-12-26/h4-12H,3H2,1-2H3,(H,24,28). The van der Waals surface area contributed by atoms with Crippen LogP contribution in [0.15, 0.2) is 60.2 Å². The molecule has 4 rings (SSSR count). The van der Waals surface area contributed by atoms with E-state index in [4.69, 9.17) is 0 Å². The van der Waals surface area contributed by atoms with E-state index in [2.05, 4.69) is 20.3 Å². The van der Waals surface area contributed by atoms with E-state index >= 15 is 0 Å². The maximum Gasteiger partial charge on any atom is 0.261 e. The Morgan fingerprint density at radius 2 is 2.07 bits per heavy atom. The zero-order valence-electron chi connectivity index (χ0n) is 15.5. The van der Waals surface area contributed by atoms with Gasteiger partial charge in [0.1, 0.15) is 23.4 Å². The van der Waals surface area contributed by atoms with Crippen LogP contribution in [0, 0.1) is 6.92 Å². The van der Waals surface area contributed by atoms with Crippen molar-refractivity contribution in [2.24, 2.45) is 0 Å². The Bertz CT molecular complexity index is 1210. The minimum Gasteiger partial charge on any atom is -0.332 e. The molecule has 0 radical (unpaired) electrons. The number of nitrogens with zero attached hydrogens (tertiary/aromatic N) is 5. The van der Waals surface area contributed by atoms with Crippen molar-refractivity contribution in [3.05, 3.63) is 76.9 Å². The number of carbonyl (C=O) groups is 1. The van der Waals surface area contributed by atoms with Gasteiger partial charge < -0.3 is 9.88 Å². The average molecular weight is 374 g/mol. The van der Waals surface area contributed by atoms with Crippen molar-refractivity contribution in [2.75, 3.05) is 5.32 Å². The quantitative estimate of drug-likeness (QED) is 0.592. The lowest BCUT2D eigenvalue weighted by Gasteiger charge is -2.11. The smallest absolute Gasteiger partial charge is 0.261 e. The highest BCUT2D eigenvalue weighted by Crippen LogP contribution is 2.14. The van der Waals surface area contributed by atoms with Crippen molar-refractivity contribution in [3.63, 3.8) is 0 Å². The number of hydrogen-bond donors (Lipinski definition) is 1. The summed E-state index contributed by atoms with van der Waals surface area (Å²) >= 11 is 0. The molecule has 0 fully saturated rings. The van der Waals surface area contributed by atoms with E-state index in [1.165, 1.54) is 6.20 Å². The average Bonchev–Trinajstić information content (AvgIpc) is 3.23. The number of aromatic nitrogens is 5. The Balaban J connectivity index is 1.66. The van der Waals surface area contributed by atoms with Crippen LogP contribution in [0.25, 0.3) is 16.9 Å². The number of amides is 1. The second-order valence-corrected chi connectivity index (χ2v) is 6.31. The van der Waals surface area contributed by atoms with E-state index in [0.717, 1.165) is 5.69 Å². The zero-order valence-corrected chi connectivity index (χ0v) is 15.5. The van der Waals surface area contributed by atoms with Crippen molar-refractivity contribution >= 4 is 22.6 Å². The van der Waals surface area contributed by atoms with Crippen molar-refractivity contribution < 1.29 is 4.79 Å². The first kappa shape index (κ1) is 17.6. The van der Waals surface area contributed by atoms with Gasteiger partial charge in [-0.15, -0.1) is 0 Å². The summed E-state index contributed by atoms with van der Waals surface area (Å²) in [6.45, 7) is 4.40. The van der Waals surface area contributed by atoms with Crippen LogP contribution in [-0.4, -0.2) is 30.0 Å². The highest BCUT2D eigenvalue weighted by atomic mass is 16.2. The lowest BCUT2D eigenvalue weighted by Crippen LogP contribution is -2.24. The molecule has 0 aliphatic carbocycles. The highest BCUT2D eigenvalue weighted by Gasteiger charge is 2.16. The van der Waals surface area contributed by atoms with Crippen LogP contribution in [0.1, 0.15) is 23.0 Å². The largest absolute Gasteiger partial charge is 0.332 e. The van der Waals surface area contributed by atoms with Crippen LogP contribution in [-0.2, 0) is 6.54 Å². The Morgan fingerprint density at radius 3 is 2.75 bits per heavy atom. The summed E-state index contributed by atoms with van der Waals surface area (Å²) in [6.07, 6.45) is 8.17. The fraction of sp³-hybridized carbons (Fsp3) is 0.150. The lowest BCUT2D eigenvalue weighted by molar-refractivity contribution is 0.102. The monoisotopic (exact) mass is 374 g/mol. The highest BCUT2D eigenvalue weighted by molar-refractivity contribution is 6.05. The van der Waals surface area contributed by atoms with Crippen LogP contribution in [0.2, 0.25) is 0 Å². The van der Waals surface area contributed by atoms with Gasteiger partial charge in [-0.05, 0) is 38.1 Å². The fourth-order valence-electron chi connectivity index (χ4n) is 2.97. The van der Waals surface area contributed by atoms with Gasteiger partial charge in [-0.2, -0.15) is 0 Å². The van der Waals surface area contributed by atoms with E-state index < -0.39 is 5.91 Å². The molecule has 0 aromatic carbocycles. The van der Waals surface area contributed by atoms with Crippen molar-refractivity contribution in [3.8, 4) is 5.82 Å². The molecule has 1 amide bonds. The molecule has 0 bridgehead atoms. The molecule has 0 spiro atoms. The molecule has 0 saturated heterocycles. The number of nitrogens with one attached hydrogen (secondary N) is 1. The molecule has 0 aliphatic rings. The number of imidazole rings is 1. The Morgan fingerprint density at radius 1 is 1.21 bits per heavy atom. The molecule has 4 heterocycles. The minimum absolute atomic E-state index is 0.0682. The number of hydrogen-bond acceptors (Lipinski definition) is 5. The molecule has 140 valence electrons. The van der Waals surface area contributed by atoms with Crippen LogP contribution in [0.4, 0.5) is 5.69 Å². The normalized spacial score (nSPS) is 10.9.